The molecular weight excluding hydrogens is 377 g/mol. The summed E-state index contributed by atoms with van der Waals surface area (Å²) in [6.07, 6.45) is 0. The van der Waals surface area contributed by atoms with Crippen molar-refractivity contribution in [3.8, 4) is 5.75 Å². The molecule has 3 rings (SSSR count). The smallest absolute Gasteiger partial charge is 0.194 e. The summed E-state index contributed by atoms with van der Waals surface area (Å²) >= 11 is 0. The van der Waals surface area contributed by atoms with E-state index in [0.29, 0.717) is 6.54 Å². The second-order valence-electron chi connectivity index (χ2n) is 4.95. The van der Waals surface area contributed by atoms with Gasteiger partial charge in [-0.05, 0) is 16.8 Å². The lowest BCUT2D eigenvalue weighted by Gasteiger charge is -2.17. The fraction of sp³-hybridized carbons (Fsp3) is 0.312. The molecule has 0 saturated heterocycles. The molecule has 1 heterocycles. The Balaban J connectivity index is 0.00000161. The van der Waals surface area contributed by atoms with Crippen LogP contribution in [-0.4, -0.2) is 38.1 Å². The summed E-state index contributed by atoms with van der Waals surface area (Å²) in [5.74, 6) is 1.87. The molecule has 4 nitrogen and oxygen atoms in total. The molecule has 0 spiro atoms. The zero-order valence-corrected chi connectivity index (χ0v) is 14.6. The van der Waals surface area contributed by atoms with E-state index in [1.54, 1.807) is 7.11 Å². The summed E-state index contributed by atoms with van der Waals surface area (Å²) in [6, 6.07) is 12.5. The van der Waals surface area contributed by atoms with Gasteiger partial charge >= 0.3 is 0 Å². The molecule has 5 heteroatoms. The number of halogens is 1. The molecule has 0 amide bonds. The lowest BCUT2D eigenvalue weighted by atomic mass is 10.0. The van der Waals surface area contributed by atoms with E-state index < -0.39 is 0 Å². The van der Waals surface area contributed by atoms with Gasteiger partial charge in [0.05, 0.1) is 13.7 Å². The van der Waals surface area contributed by atoms with E-state index in [4.69, 9.17) is 4.74 Å². The normalized spacial score (nSPS) is 13.8. The first-order valence-corrected chi connectivity index (χ1v) is 6.83. The third-order valence-electron chi connectivity index (χ3n) is 3.70. The molecule has 2 aromatic carbocycles. The quantitative estimate of drug-likeness (QED) is 0.810. The minimum atomic E-state index is 0. The van der Waals surface area contributed by atoms with E-state index in [2.05, 4.69) is 52.6 Å². The summed E-state index contributed by atoms with van der Waals surface area (Å²) in [6.45, 7) is 2.56. The lowest BCUT2D eigenvalue weighted by molar-refractivity contribution is 0.409. The molecule has 0 atom stereocenters. The Kier molecular flexibility index (Phi) is 5.27. The molecule has 0 bridgehead atoms. The van der Waals surface area contributed by atoms with Gasteiger partial charge in [0, 0.05) is 25.7 Å². The SMILES string of the molecule is COc1ccc2ccccc2c1CNC1=NCCN1C.I. The van der Waals surface area contributed by atoms with Crippen LogP contribution in [0.1, 0.15) is 5.56 Å². The Morgan fingerprint density at radius 2 is 2.05 bits per heavy atom. The Bertz CT molecular complexity index is 657. The summed E-state index contributed by atoms with van der Waals surface area (Å²) in [4.78, 5) is 6.59. The standard InChI is InChI=1S/C16H19N3O.HI/c1-19-10-9-17-16(19)18-11-14-13-6-4-3-5-12(13)7-8-15(14)20-2;/h3-8H,9-11H2,1-2H3,(H,17,18);1H. The Morgan fingerprint density at radius 1 is 1.24 bits per heavy atom. The van der Waals surface area contributed by atoms with Gasteiger partial charge in [0.25, 0.3) is 0 Å². The monoisotopic (exact) mass is 397 g/mol. The molecule has 112 valence electrons. The highest BCUT2D eigenvalue weighted by atomic mass is 127. The van der Waals surface area contributed by atoms with Crippen molar-refractivity contribution in [2.24, 2.45) is 4.99 Å². The van der Waals surface area contributed by atoms with Crippen LogP contribution in [0.3, 0.4) is 0 Å². The first kappa shape index (κ1) is 15.9. The number of hydrogen-bond acceptors (Lipinski definition) is 4. The van der Waals surface area contributed by atoms with Crippen LogP contribution in [0.2, 0.25) is 0 Å². The van der Waals surface area contributed by atoms with Gasteiger partial charge < -0.3 is 15.0 Å². The molecular formula is C16H20IN3O. The van der Waals surface area contributed by atoms with E-state index in [1.807, 2.05) is 6.07 Å². The van der Waals surface area contributed by atoms with Gasteiger partial charge in [0.15, 0.2) is 5.96 Å². The average molecular weight is 397 g/mol. The first-order chi connectivity index (χ1) is 9.79. The van der Waals surface area contributed by atoms with Gasteiger partial charge in [-0.15, -0.1) is 24.0 Å². The number of nitrogens with one attached hydrogen (secondary N) is 1. The largest absolute Gasteiger partial charge is 0.496 e. The highest BCUT2D eigenvalue weighted by Gasteiger charge is 2.14. The predicted octanol–water partition coefficient (Wildman–Crippen LogP) is 2.86. The van der Waals surface area contributed by atoms with E-state index in [9.17, 15) is 0 Å². The molecule has 0 saturated carbocycles. The average Bonchev–Trinajstić information content (AvgIpc) is 2.90. The third-order valence-corrected chi connectivity index (χ3v) is 3.70. The van der Waals surface area contributed by atoms with Crippen molar-refractivity contribution in [1.29, 1.82) is 0 Å². The highest BCUT2D eigenvalue weighted by Crippen LogP contribution is 2.27. The van der Waals surface area contributed by atoms with Crippen LogP contribution in [-0.2, 0) is 6.54 Å². The van der Waals surface area contributed by atoms with Gasteiger partial charge in [-0.1, -0.05) is 30.3 Å². The van der Waals surface area contributed by atoms with E-state index in [-0.39, 0.29) is 24.0 Å². The lowest BCUT2D eigenvalue weighted by Crippen LogP contribution is -2.35. The van der Waals surface area contributed by atoms with Crippen molar-refractivity contribution < 1.29 is 4.74 Å². The van der Waals surface area contributed by atoms with Gasteiger partial charge in [-0.25, -0.2) is 0 Å². The molecule has 0 aromatic heterocycles. The second kappa shape index (κ2) is 6.98. The molecule has 1 aliphatic heterocycles. The van der Waals surface area contributed by atoms with Crippen molar-refractivity contribution >= 4 is 40.7 Å². The van der Waals surface area contributed by atoms with Crippen LogP contribution in [0.15, 0.2) is 41.4 Å². The zero-order chi connectivity index (χ0) is 13.9. The maximum Gasteiger partial charge on any atom is 0.194 e. The number of methoxy groups -OCH3 is 1. The van der Waals surface area contributed by atoms with Crippen LogP contribution < -0.4 is 10.1 Å². The fourth-order valence-electron chi connectivity index (χ4n) is 2.58. The molecule has 1 N–H and O–H groups in total. The number of nitrogens with zero attached hydrogens (tertiary/aromatic N) is 2. The minimum absolute atomic E-state index is 0. The second-order valence-corrected chi connectivity index (χ2v) is 4.95. The summed E-state index contributed by atoms with van der Waals surface area (Å²) in [5, 5.41) is 5.86. The fourth-order valence-corrected chi connectivity index (χ4v) is 2.58. The minimum Gasteiger partial charge on any atom is -0.496 e. The van der Waals surface area contributed by atoms with E-state index in [0.717, 1.165) is 24.8 Å². The highest BCUT2D eigenvalue weighted by molar-refractivity contribution is 14.0. The van der Waals surface area contributed by atoms with Crippen LogP contribution in [0.4, 0.5) is 0 Å². The summed E-state index contributed by atoms with van der Waals surface area (Å²) < 4.78 is 5.50. The molecule has 0 fully saturated rings. The van der Waals surface area contributed by atoms with Crippen molar-refractivity contribution in [2.45, 2.75) is 6.54 Å². The van der Waals surface area contributed by atoms with Crippen LogP contribution >= 0.6 is 24.0 Å². The number of fused-ring (bicyclic) bond motifs is 1. The zero-order valence-electron chi connectivity index (χ0n) is 12.3. The van der Waals surface area contributed by atoms with Crippen molar-refractivity contribution in [3.63, 3.8) is 0 Å². The summed E-state index contributed by atoms with van der Waals surface area (Å²) in [5.41, 5.74) is 1.17. The Hall–Kier alpha value is -1.50. The maximum atomic E-state index is 5.50. The number of rotatable bonds is 3. The number of guanidine groups is 1. The van der Waals surface area contributed by atoms with Crippen LogP contribution in [0.5, 0.6) is 5.75 Å². The molecule has 2 aromatic rings. The molecule has 0 radical (unpaired) electrons. The van der Waals surface area contributed by atoms with Crippen LogP contribution in [0.25, 0.3) is 10.8 Å². The Labute approximate surface area is 142 Å². The number of aliphatic imine (C=N–C) groups is 1. The maximum absolute atomic E-state index is 5.50. The number of hydrogen-bond donors (Lipinski definition) is 1. The Morgan fingerprint density at radius 3 is 2.76 bits per heavy atom. The van der Waals surface area contributed by atoms with Crippen LogP contribution in [0, 0.1) is 0 Å². The molecule has 1 aliphatic rings. The number of ether oxygens (including phenoxy) is 1. The number of likely N-dealkylation sites (N-methyl/N-ethyl adjacent to an activating group) is 1. The molecule has 0 aliphatic carbocycles. The van der Waals surface area contributed by atoms with Gasteiger partial charge in [-0.3, -0.25) is 4.99 Å². The van der Waals surface area contributed by atoms with Crippen molar-refractivity contribution in [2.75, 3.05) is 27.2 Å². The van der Waals surface area contributed by atoms with Crippen molar-refractivity contribution in [1.82, 2.24) is 10.2 Å². The van der Waals surface area contributed by atoms with Gasteiger partial charge in [0.2, 0.25) is 0 Å². The molecule has 21 heavy (non-hydrogen) atoms. The third kappa shape index (κ3) is 3.23. The van der Waals surface area contributed by atoms with E-state index >= 15 is 0 Å². The summed E-state index contributed by atoms with van der Waals surface area (Å²) in [7, 11) is 3.77. The van der Waals surface area contributed by atoms with Gasteiger partial charge in [-0.2, -0.15) is 0 Å². The topological polar surface area (TPSA) is 36.9 Å². The molecule has 0 unspecified atom stereocenters. The number of benzene rings is 2. The van der Waals surface area contributed by atoms with Crippen molar-refractivity contribution in [3.05, 3.63) is 42.0 Å². The first-order valence-electron chi connectivity index (χ1n) is 6.83. The predicted molar refractivity (Wildman–Crippen MR) is 97.7 cm³/mol. The van der Waals surface area contributed by atoms with E-state index in [1.165, 1.54) is 16.3 Å². The van der Waals surface area contributed by atoms with Gasteiger partial charge in [0.1, 0.15) is 5.75 Å².